The third-order valence-corrected chi connectivity index (χ3v) is 9.21. The number of methoxy groups -OCH3 is 1. The van der Waals surface area contributed by atoms with Crippen LogP contribution in [-0.2, 0) is 19.7 Å². The molecule has 0 saturated carbocycles. The average molecular weight is 561 g/mol. The predicted octanol–water partition coefficient (Wildman–Crippen LogP) is 5.40. The van der Waals surface area contributed by atoms with Crippen molar-refractivity contribution in [2.24, 2.45) is 5.92 Å². The second-order valence-electron chi connectivity index (χ2n) is 11.3. The van der Waals surface area contributed by atoms with Crippen molar-refractivity contribution in [2.45, 2.75) is 24.7 Å². The fourth-order valence-electron chi connectivity index (χ4n) is 7.00. The van der Waals surface area contributed by atoms with Crippen LogP contribution in [0.1, 0.15) is 40.7 Å². The number of piperidine rings is 1. The lowest BCUT2D eigenvalue weighted by Gasteiger charge is -2.43. The van der Waals surface area contributed by atoms with E-state index < -0.39 is 11.9 Å². The van der Waals surface area contributed by atoms with Crippen molar-refractivity contribution in [3.05, 3.63) is 102 Å². The molecule has 2 aromatic heterocycles. The van der Waals surface area contributed by atoms with Gasteiger partial charge in [0.05, 0.1) is 18.6 Å². The summed E-state index contributed by atoms with van der Waals surface area (Å²) in [6, 6.07) is 23.5. The number of rotatable bonds is 5. The summed E-state index contributed by atoms with van der Waals surface area (Å²) in [5.74, 6) is -0.873. The number of anilines is 1. The first kappa shape index (κ1) is 26.1. The van der Waals surface area contributed by atoms with Crippen molar-refractivity contribution in [2.75, 3.05) is 31.6 Å². The Hall–Kier alpha value is -4.85. The molecule has 2 aliphatic rings. The molecule has 0 bridgehead atoms. The smallest absolute Gasteiger partial charge is 0.337 e. The molecule has 8 heteroatoms. The van der Waals surface area contributed by atoms with E-state index in [1.807, 2.05) is 17.0 Å². The van der Waals surface area contributed by atoms with Crippen molar-refractivity contribution in [3.63, 3.8) is 0 Å². The minimum Gasteiger partial charge on any atom is -0.465 e. The van der Waals surface area contributed by atoms with Crippen molar-refractivity contribution in [1.82, 2.24) is 14.9 Å². The Balaban J connectivity index is 1.14. The Labute approximate surface area is 243 Å². The van der Waals surface area contributed by atoms with Crippen LogP contribution >= 0.6 is 0 Å². The molecule has 0 aliphatic carbocycles. The molecular weight excluding hydrogens is 528 g/mol. The van der Waals surface area contributed by atoms with Crippen LogP contribution in [0.3, 0.4) is 0 Å². The second kappa shape index (κ2) is 10.2. The maximum absolute atomic E-state index is 13.8. The summed E-state index contributed by atoms with van der Waals surface area (Å²) in [5.41, 5.74) is 5.56. The molecule has 4 heterocycles. The van der Waals surface area contributed by atoms with Gasteiger partial charge in [-0.3, -0.25) is 9.59 Å². The number of esters is 1. The molecule has 7 rings (SSSR count). The molecule has 2 aliphatic heterocycles. The topological polar surface area (TPSA) is 98.5 Å². The van der Waals surface area contributed by atoms with Crippen molar-refractivity contribution >= 4 is 45.3 Å². The van der Waals surface area contributed by atoms with E-state index in [2.05, 4.69) is 58.8 Å². The largest absolute Gasteiger partial charge is 0.465 e. The number of likely N-dealkylation sites (tertiary alicyclic amines) is 1. The van der Waals surface area contributed by atoms with Gasteiger partial charge >= 0.3 is 5.97 Å². The number of aromatic amines is 2. The van der Waals surface area contributed by atoms with Crippen molar-refractivity contribution in [3.8, 4) is 0 Å². The summed E-state index contributed by atoms with van der Waals surface area (Å²) < 4.78 is 4.77. The minimum atomic E-state index is -0.427. The van der Waals surface area contributed by atoms with Gasteiger partial charge in [0, 0.05) is 71.4 Å². The fraction of sp³-hybridized carbons (Fsp3) is 0.265. The number of benzene rings is 3. The Morgan fingerprint density at radius 3 is 1.98 bits per heavy atom. The highest BCUT2D eigenvalue weighted by Gasteiger charge is 2.44. The van der Waals surface area contributed by atoms with Gasteiger partial charge in [-0.2, -0.15) is 0 Å². The number of para-hydroxylation sites is 2. The molecule has 2 saturated heterocycles. The van der Waals surface area contributed by atoms with E-state index in [-0.39, 0.29) is 23.7 Å². The summed E-state index contributed by atoms with van der Waals surface area (Å²) in [6.07, 6.45) is 6.03. The number of H-pyrrole nitrogens is 2. The van der Waals surface area contributed by atoms with E-state index in [1.165, 1.54) is 29.0 Å². The maximum atomic E-state index is 13.8. The number of nitrogens with one attached hydrogen (secondary N) is 2. The second-order valence-corrected chi connectivity index (χ2v) is 11.3. The van der Waals surface area contributed by atoms with E-state index in [1.54, 1.807) is 29.2 Å². The van der Waals surface area contributed by atoms with Gasteiger partial charge in [0.25, 0.3) is 0 Å². The zero-order chi connectivity index (χ0) is 28.8. The minimum absolute atomic E-state index is 0.0310. The van der Waals surface area contributed by atoms with Crippen molar-refractivity contribution in [1.29, 1.82) is 0 Å². The monoisotopic (exact) mass is 560 g/mol. The Morgan fingerprint density at radius 2 is 1.40 bits per heavy atom. The van der Waals surface area contributed by atoms with Gasteiger partial charge in [0.15, 0.2) is 0 Å². The molecule has 1 atom stereocenters. The molecule has 3 aromatic carbocycles. The zero-order valence-corrected chi connectivity index (χ0v) is 23.4. The van der Waals surface area contributed by atoms with Crippen LogP contribution in [0.25, 0.3) is 21.8 Å². The van der Waals surface area contributed by atoms with Gasteiger partial charge in [0.2, 0.25) is 11.8 Å². The molecule has 2 N–H and O–H groups in total. The van der Waals surface area contributed by atoms with E-state index in [0.717, 1.165) is 23.9 Å². The number of nitrogens with zero attached hydrogens (tertiary/aromatic N) is 2. The first-order valence-electron chi connectivity index (χ1n) is 14.4. The highest BCUT2D eigenvalue weighted by molar-refractivity contribution is 6.01. The lowest BCUT2D eigenvalue weighted by Crippen LogP contribution is -2.47. The number of ether oxygens (including phenoxy) is 1. The van der Waals surface area contributed by atoms with Crippen molar-refractivity contribution < 1.29 is 19.1 Å². The lowest BCUT2D eigenvalue weighted by molar-refractivity contribution is -0.137. The molecule has 2 amide bonds. The summed E-state index contributed by atoms with van der Waals surface area (Å²) in [4.78, 5) is 49.1. The number of carbonyl (C=O) groups is 3. The SMILES string of the molecule is COC(=O)c1ccc(N2CC(C(=O)N3CCC(c4c[nH]c5ccccc45)(c4c[nH]c5ccccc45)CC3)CC2=O)cc1. The number of carbonyl (C=O) groups excluding carboxylic acids is 3. The van der Waals surface area contributed by atoms with Gasteiger partial charge in [-0.15, -0.1) is 0 Å². The van der Waals surface area contributed by atoms with Gasteiger partial charge < -0.3 is 24.5 Å². The van der Waals surface area contributed by atoms with E-state index in [4.69, 9.17) is 4.74 Å². The lowest BCUT2D eigenvalue weighted by atomic mass is 9.67. The molecule has 42 heavy (non-hydrogen) atoms. The van der Waals surface area contributed by atoms with Gasteiger partial charge in [-0.25, -0.2) is 4.79 Å². The third kappa shape index (κ3) is 4.17. The number of hydrogen-bond acceptors (Lipinski definition) is 4. The average Bonchev–Trinajstić information content (AvgIpc) is 3.77. The van der Waals surface area contributed by atoms with Crippen LogP contribution in [0.5, 0.6) is 0 Å². The number of hydrogen-bond donors (Lipinski definition) is 2. The Morgan fingerprint density at radius 1 is 0.833 bits per heavy atom. The van der Waals surface area contributed by atoms with Crippen LogP contribution in [0.4, 0.5) is 5.69 Å². The summed E-state index contributed by atoms with van der Waals surface area (Å²) in [5, 5.41) is 2.41. The molecule has 5 aromatic rings. The summed E-state index contributed by atoms with van der Waals surface area (Å²) >= 11 is 0. The predicted molar refractivity (Wildman–Crippen MR) is 161 cm³/mol. The molecule has 212 valence electrons. The number of amides is 2. The van der Waals surface area contributed by atoms with Gasteiger partial charge in [-0.1, -0.05) is 36.4 Å². The van der Waals surface area contributed by atoms with E-state index in [0.29, 0.717) is 30.9 Å². The maximum Gasteiger partial charge on any atom is 0.337 e. The quantitative estimate of drug-likeness (QED) is 0.281. The zero-order valence-electron chi connectivity index (χ0n) is 23.4. The van der Waals surface area contributed by atoms with Gasteiger partial charge in [0.1, 0.15) is 0 Å². The Kier molecular flexibility index (Phi) is 6.34. The molecule has 8 nitrogen and oxygen atoms in total. The van der Waals surface area contributed by atoms with Crippen LogP contribution in [0, 0.1) is 5.92 Å². The summed E-state index contributed by atoms with van der Waals surface area (Å²) in [6.45, 7) is 1.55. The fourth-order valence-corrected chi connectivity index (χ4v) is 7.00. The van der Waals surface area contributed by atoms with Gasteiger partial charge in [-0.05, 0) is 60.4 Å². The highest BCUT2D eigenvalue weighted by Crippen LogP contribution is 2.47. The van der Waals surface area contributed by atoms with Crippen LogP contribution in [0.2, 0.25) is 0 Å². The number of fused-ring (bicyclic) bond motifs is 2. The molecule has 0 radical (unpaired) electrons. The molecular formula is C34H32N4O4. The van der Waals surface area contributed by atoms with E-state index >= 15 is 0 Å². The summed E-state index contributed by atoms with van der Waals surface area (Å²) in [7, 11) is 1.34. The highest BCUT2D eigenvalue weighted by atomic mass is 16.5. The van der Waals surface area contributed by atoms with Crippen LogP contribution in [-0.4, -0.2) is 59.4 Å². The molecule has 1 unspecified atom stereocenters. The first-order valence-corrected chi connectivity index (χ1v) is 14.4. The van der Waals surface area contributed by atoms with E-state index in [9.17, 15) is 14.4 Å². The third-order valence-electron chi connectivity index (χ3n) is 9.21. The van der Waals surface area contributed by atoms with Crippen LogP contribution in [0.15, 0.2) is 85.2 Å². The molecule has 2 fully saturated rings. The first-order chi connectivity index (χ1) is 20.5. The number of aromatic nitrogens is 2. The van der Waals surface area contributed by atoms with Crippen LogP contribution < -0.4 is 4.90 Å². The molecule has 0 spiro atoms. The Bertz CT molecular complexity index is 1730. The standard InChI is InChI=1S/C34H32N4O4/c1-42-33(41)22-10-12-24(13-11-22)38-21-23(18-31(38)39)32(40)37-16-14-34(15-17-37,27-19-35-29-8-4-2-6-25(27)29)28-20-36-30-9-5-3-7-26(28)30/h2-13,19-20,23,35-36H,14-18,21H2,1H3. The normalized spacial score (nSPS) is 18.6.